The fourth-order valence-corrected chi connectivity index (χ4v) is 0.518. The zero-order valence-electron chi connectivity index (χ0n) is 4.63. The Balaban J connectivity index is 2.92. The molecule has 3 N–H and O–H groups in total. The molecule has 0 radical (unpaired) electrons. The van der Waals surface area contributed by atoms with E-state index < -0.39 is 5.76 Å². The molecule has 4 heteroatoms. The van der Waals surface area contributed by atoms with Gasteiger partial charge in [-0.2, -0.15) is 0 Å². The predicted molar refractivity (Wildman–Crippen MR) is 33.1 cm³/mol. The van der Waals surface area contributed by atoms with Gasteiger partial charge in [-0.3, -0.25) is 5.41 Å². The number of dihydropyridines is 1. The molecule has 0 unspecified atom stereocenters. The standard InChI is InChI=1S/C5H6N2O2/c6-5-4(9)3(8)1-2-7-5/h2,6,8-9H,1H2. The summed E-state index contributed by atoms with van der Waals surface area (Å²) in [7, 11) is 0. The van der Waals surface area contributed by atoms with Crippen LogP contribution in [-0.2, 0) is 0 Å². The first kappa shape index (κ1) is 5.81. The fraction of sp³-hybridized carbons (Fsp3) is 0.200. The Morgan fingerprint density at radius 3 is 2.67 bits per heavy atom. The largest absolute Gasteiger partial charge is 0.508 e. The average molecular weight is 126 g/mol. The van der Waals surface area contributed by atoms with Crippen LogP contribution in [0.4, 0.5) is 0 Å². The maximum atomic E-state index is 8.75. The number of rotatable bonds is 0. The van der Waals surface area contributed by atoms with Gasteiger partial charge in [0, 0.05) is 12.6 Å². The second-order valence-electron chi connectivity index (χ2n) is 1.66. The lowest BCUT2D eigenvalue weighted by atomic mass is 10.2. The van der Waals surface area contributed by atoms with Gasteiger partial charge >= 0.3 is 0 Å². The van der Waals surface area contributed by atoms with E-state index in [4.69, 9.17) is 15.6 Å². The van der Waals surface area contributed by atoms with Gasteiger partial charge in [0.25, 0.3) is 0 Å². The number of aliphatic imine (C=N–C) groups is 1. The van der Waals surface area contributed by atoms with Crippen molar-refractivity contribution in [2.75, 3.05) is 0 Å². The Kier molecular flexibility index (Phi) is 1.22. The summed E-state index contributed by atoms with van der Waals surface area (Å²) in [6.07, 6.45) is 1.59. The van der Waals surface area contributed by atoms with E-state index in [9.17, 15) is 0 Å². The van der Waals surface area contributed by atoms with Gasteiger partial charge in [0.05, 0.1) is 0 Å². The third kappa shape index (κ3) is 0.910. The molecule has 0 fully saturated rings. The van der Waals surface area contributed by atoms with E-state index in [1.165, 1.54) is 6.21 Å². The van der Waals surface area contributed by atoms with E-state index in [0.29, 0.717) is 0 Å². The molecule has 1 aliphatic rings. The molecule has 0 saturated heterocycles. The van der Waals surface area contributed by atoms with E-state index in [-0.39, 0.29) is 18.0 Å². The van der Waals surface area contributed by atoms with Crippen LogP contribution in [0.15, 0.2) is 16.5 Å². The molecule has 4 nitrogen and oxygen atoms in total. The van der Waals surface area contributed by atoms with Crippen LogP contribution in [-0.4, -0.2) is 22.3 Å². The average Bonchev–Trinajstić information content (AvgIpc) is 1.83. The van der Waals surface area contributed by atoms with Crippen LogP contribution in [0.2, 0.25) is 0 Å². The van der Waals surface area contributed by atoms with Crippen molar-refractivity contribution in [3.8, 4) is 0 Å². The van der Waals surface area contributed by atoms with E-state index in [1.807, 2.05) is 0 Å². The third-order valence-electron chi connectivity index (χ3n) is 1.00. The number of nitrogens with one attached hydrogen (secondary N) is 1. The number of aliphatic hydroxyl groups is 2. The Hall–Kier alpha value is -1.32. The molecule has 0 amide bonds. The summed E-state index contributed by atoms with van der Waals surface area (Å²) in [5.74, 6) is -0.883. The number of nitrogens with zero attached hydrogens (tertiary/aromatic N) is 1. The maximum absolute atomic E-state index is 8.75. The van der Waals surface area contributed by atoms with Crippen LogP contribution in [0.5, 0.6) is 0 Å². The smallest absolute Gasteiger partial charge is 0.198 e. The van der Waals surface area contributed by atoms with Crippen molar-refractivity contribution in [2.45, 2.75) is 6.42 Å². The Morgan fingerprint density at radius 2 is 2.22 bits per heavy atom. The van der Waals surface area contributed by atoms with Crippen molar-refractivity contribution >= 4 is 12.1 Å². The van der Waals surface area contributed by atoms with Gasteiger partial charge in [-0.1, -0.05) is 0 Å². The third-order valence-corrected chi connectivity index (χ3v) is 1.00. The minimum atomic E-state index is -0.419. The van der Waals surface area contributed by atoms with Crippen molar-refractivity contribution < 1.29 is 10.2 Å². The van der Waals surface area contributed by atoms with E-state index in [0.717, 1.165) is 0 Å². The van der Waals surface area contributed by atoms with E-state index in [1.54, 1.807) is 0 Å². The molecule has 1 heterocycles. The van der Waals surface area contributed by atoms with Crippen LogP contribution < -0.4 is 0 Å². The molecule has 48 valence electrons. The first-order valence-corrected chi connectivity index (χ1v) is 2.44. The van der Waals surface area contributed by atoms with Gasteiger partial charge in [-0.25, -0.2) is 4.99 Å². The molecule has 0 atom stereocenters. The number of amidine groups is 1. The van der Waals surface area contributed by atoms with Gasteiger partial charge in [-0.15, -0.1) is 0 Å². The Bertz CT molecular complexity index is 205. The lowest BCUT2D eigenvalue weighted by Crippen LogP contribution is -2.07. The molecule has 0 aliphatic carbocycles. The Morgan fingerprint density at radius 1 is 1.56 bits per heavy atom. The summed E-state index contributed by atoms with van der Waals surface area (Å²) in [5, 5.41) is 24.3. The number of aliphatic hydroxyl groups excluding tert-OH is 2. The highest BCUT2D eigenvalue weighted by atomic mass is 16.3. The van der Waals surface area contributed by atoms with Gasteiger partial charge in [-0.05, 0) is 0 Å². The van der Waals surface area contributed by atoms with Crippen LogP contribution in [0, 0.1) is 5.41 Å². The molecule has 0 bridgehead atoms. The first-order chi connectivity index (χ1) is 4.22. The van der Waals surface area contributed by atoms with Crippen molar-refractivity contribution in [1.82, 2.24) is 0 Å². The molecule has 0 aromatic rings. The highest BCUT2D eigenvalue weighted by Crippen LogP contribution is 2.07. The molecular formula is C5H6N2O2. The van der Waals surface area contributed by atoms with Gasteiger partial charge in [0.2, 0.25) is 0 Å². The highest BCUT2D eigenvalue weighted by molar-refractivity contribution is 6.01. The second-order valence-corrected chi connectivity index (χ2v) is 1.66. The summed E-state index contributed by atoms with van der Waals surface area (Å²) in [6.45, 7) is 0. The molecule has 0 spiro atoms. The lowest BCUT2D eigenvalue weighted by molar-refractivity contribution is 0.338. The zero-order valence-corrected chi connectivity index (χ0v) is 4.63. The summed E-state index contributed by atoms with van der Waals surface area (Å²) in [5.41, 5.74) is 0. The fourth-order valence-electron chi connectivity index (χ4n) is 0.518. The highest BCUT2D eigenvalue weighted by Gasteiger charge is 2.11. The predicted octanol–water partition coefficient (Wildman–Crippen LogP) is 0.766. The van der Waals surface area contributed by atoms with Gasteiger partial charge < -0.3 is 10.2 Å². The Labute approximate surface area is 51.7 Å². The quantitative estimate of drug-likeness (QED) is 0.448. The molecular weight excluding hydrogens is 120 g/mol. The second kappa shape index (κ2) is 1.89. The van der Waals surface area contributed by atoms with Crippen LogP contribution in [0.3, 0.4) is 0 Å². The number of hydrogen-bond acceptors (Lipinski definition) is 3. The van der Waals surface area contributed by atoms with Crippen LogP contribution in [0.25, 0.3) is 0 Å². The molecule has 9 heavy (non-hydrogen) atoms. The minimum absolute atomic E-state index is 0.185. The van der Waals surface area contributed by atoms with Crippen molar-refractivity contribution in [3.63, 3.8) is 0 Å². The normalized spacial score (nSPS) is 18.9. The summed E-state index contributed by atoms with van der Waals surface area (Å²) in [4.78, 5) is 3.45. The number of allylic oxidation sites excluding steroid dienone is 1. The zero-order chi connectivity index (χ0) is 6.85. The van der Waals surface area contributed by atoms with E-state index >= 15 is 0 Å². The van der Waals surface area contributed by atoms with Gasteiger partial charge in [0.1, 0.15) is 5.76 Å². The monoisotopic (exact) mass is 126 g/mol. The van der Waals surface area contributed by atoms with Crippen molar-refractivity contribution in [3.05, 3.63) is 11.5 Å². The number of hydrogen-bond donors (Lipinski definition) is 3. The lowest BCUT2D eigenvalue weighted by Gasteiger charge is -2.04. The topological polar surface area (TPSA) is 76.7 Å². The summed E-state index contributed by atoms with van der Waals surface area (Å²) < 4.78 is 0. The summed E-state index contributed by atoms with van der Waals surface area (Å²) in [6, 6.07) is 0. The molecule has 1 aliphatic heterocycles. The van der Waals surface area contributed by atoms with Crippen LogP contribution in [0.1, 0.15) is 6.42 Å². The molecule has 0 aromatic heterocycles. The molecule has 0 aromatic carbocycles. The maximum Gasteiger partial charge on any atom is 0.198 e. The first-order valence-electron chi connectivity index (χ1n) is 2.44. The molecule has 1 rings (SSSR count). The molecule has 0 saturated carbocycles. The van der Waals surface area contributed by atoms with Gasteiger partial charge in [0.15, 0.2) is 11.6 Å². The van der Waals surface area contributed by atoms with E-state index in [2.05, 4.69) is 4.99 Å². The van der Waals surface area contributed by atoms with Crippen LogP contribution >= 0.6 is 0 Å². The van der Waals surface area contributed by atoms with Crippen molar-refractivity contribution in [1.29, 1.82) is 5.41 Å². The summed E-state index contributed by atoms with van der Waals surface area (Å²) >= 11 is 0. The minimum Gasteiger partial charge on any atom is -0.508 e. The van der Waals surface area contributed by atoms with Crippen molar-refractivity contribution in [2.24, 2.45) is 4.99 Å². The SMILES string of the molecule is N=C1N=CCC(O)=C1O.